The molecule has 1 aliphatic carbocycles. The maximum atomic E-state index is 13.0. The number of benzene rings is 1. The first-order valence-electron chi connectivity index (χ1n) is 8.97. The van der Waals surface area contributed by atoms with Crippen molar-refractivity contribution in [2.45, 2.75) is 43.4 Å². The first-order valence-corrected chi connectivity index (χ1v) is 10.8. The van der Waals surface area contributed by atoms with Gasteiger partial charge in [0.25, 0.3) is 10.0 Å². The van der Waals surface area contributed by atoms with E-state index in [-0.39, 0.29) is 11.4 Å². The highest BCUT2D eigenvalue weighted by molar-refractivity contribution is 7.89. The lowest BCUT2D eigenvalue weighted by atomic mass is 9.82. The van der Waals surface area contributed by atoms with Gasteiger partial charge in [-0.2, -0.15) is 0 Å². The number of halogens is 1. The zero-order valence-electron chi connectivity index (χ0n) is 14.5. The first kappa shape index (κ1) is 19.2. The third-order valence-electron chi connectivity index (χ3n) is 5.17. The monoisotopic (exact) mass is 398 g/mol. The van der Waals surface area contributed by atoms with E-state index in [1.807, 2.05) is 0 Å². The average Bonchev–Trinajstić information content (AvgIpc) is 2.77. The van der Waals surface area contributed by atoms with E-state index in [2.05, 4.69) is 5.32 Å². The van der Waals surface area contributed by atoms with Gasteiger partial charge in [-0.3, -0.25) is 9.59 Å². The van der Waals surface area contributed by atoms with Gasteiger partial charge in [0.15, 0.2) is 0 Å². The van der Waals surface area contributed by atoms with Crippen LogP contribution in [0.5, 0.6) is 0 Å². The van der Waals surface area contributed by atoms with Crippen molar-refractivity contribution in [3.63, 3.8) is 0 Å². The van der Waals surface area contributed by atoms with Crippen molar-refractivity contribution in [3.8, 4) is 0 Å². The van der Waals surface area contributed by atoms with Gasteiger partial charge >= 0.3 is 0 Å². The number of carbonyl (C=O) groups is 2. The molecule has 26 heavy (non-hydrogen) atoms. The lowest BCUT2D eigenvalue weighted by Crippen LogP contribution is -2.42. The summed E-state index contributed by atoms with van der Waals surface area (Å²) in [6.45, 7) is -0.286. The summed E-state index contributed by atoms with van der Waals surface area (Å²) in [6, 6.07) is 5.61. The maximum absolute atomic E-state index is 13.0. The lowest BCUT2D eigenvalue weighted by molar-refractivity contribution is -0.132. The molecule has 1 saturated heterocycles. The van der Waals surface area contributed by atoms with Gasteiger partial charge in [0, 0.05) is 11.6 Å². The number of rotatable bonds is 4. The maximum Gasteiger partial charge on any atom is 0.266 e. The molecule has 142 valence electrons. The second-order valence-corrected chi connectivity index (χ2v) is 9.34. The zero-order valence-corrected chi connectivity index (χ0v) is 16.1. The van der Waals surface area contributed by atoms with Crippen molar-refractivity contribution >= 4 is 33.4 Å². The molecule has 3 rings (SSSR count). The van der Waals surface area contributed by atoms with Crippen LogP contribution in [-0.4, -0.2) is 37.6 Å². The van der Waals surface area contributed by atoms with Crippen LogP contribution in [0.2, 0.25) is 5.02 Å². The predicted molar refractivity (Wildman–Crippen MR) is 98.0 cm³/mol. The van der Waals surface area contributed by atoms with Gasteiger partial charge < -0.3 is 5.32 Å². The SMILES string of the molecule is O=C1CN(S(=O)(=O)c2ccc(Cl)cc2)C(=O)C(CC2CCCCC2)CN1. The molecular weight excluding hydrogens is 376 g/mol. The third-order valence-corrected chi connectivity index (χ3v) is 7.18. The summed E-state index contributed by atoms with van der Waals surface area (Å²) in [5.41, 5.74) is 0. The molecule has 1 atom stereocenters. The molecule has 2 amide bonds. The minimum atomic E-state index is -4.09. The highest BCUT2D eigenvalue weighted by Gasteiger charge is 2.38. The Labute approximate surface area is 158 Å². The van der Waals surface area contributed by atoms with E-state index in [4.69, 9.17) is 11.6 Å². The molecule has 1 saturated carbocycles. The highest BCUT2D eigenvalue weighted by Crippen LogP contribution is 2.31. The number of nitrogens with one attached hydrogen (secondary N) is 1. The highest BCUT2D eigenvalue weighted by atomic mass is 35.5. The Bertz CT molecular complexity index is 773. The van der Waals surface area contributed by atoms with Crippen LogP contribution < -0.4 is 5.32 Å². The smallest absolute Gasteiger partial charge is 0.266 e. The molecule has 1 N–H and O–H groups in total. The van der Waals surface area contributed by atoms with Gasteiger partial charge in [0.05, 0.1) is 10.8 Å². The van der Waals surface area contributed by atoms with Gasteiger partial charge in [0.1, 0.15) is 6.54 Å². The van der Waals surface area contributed by atoms with Gasteiger partial charge in [-0.15, -0.1) is 0 Å². The summed E-state index contributed by atoms with van der Waals surface area (Å²) in [4.78, 5) is 25.0. The van der Waals surface area contributed by atoms with E-state index in [1.165, 1.54) is 30.7 Å². The number of nitrogens with zero attached hydrogens (tertiary/aromatic N) is 1. The number of carbonyl (C=O) groups excluding carboxylic acids is 2. The molecule has 0 aromatic heterocycles. The molecule has 2 aliphatic rings. The third kappa shape index (κ3) is 4.20. The Morgan fingerprint density at radius 2 is 1.73 bits per heavy atom. The van der Waals surface area contributed by atoms with E-state index in [1.54, 1.807) is 0 Å². The van der Waals surface area contributed by atoms with Crippen LogP contribution in [-0.2, 0) is 19.6 Å². The van der Waals surface area contributed by atoms with Crippen molar-refractivity contribution in [1.82, 2.24) is 9.62 Å². The van der Waals surface area contributed by atoms with Crippen LogP contribution in [0.1, 0.15) is 38.5 Å². The largest absolute Gasteiger partial charge is 0.354 e. The molecule has 8 heteroatoms. The van der Waals surface area contributed by atoms with Crippen LogP contribution in [0.4, 0.5) is 0 Å². The minimum absolute atomic E-state index is 0.0404. The lowest BCUT2D eigenvalue weighted by Gasteiger charge is -2.27. The fraction of sp³-hybridized carbons (Fsp3) is 0.556. The van der Waals surface area contributed by atoms with Gasteiger partial charge in [-0.1, -0.05) is 43.7 Å². The summed E-state index contributed by atoms with van der Waals surface area (Å²) in [5, 5.41) is 3.09. The van der Waals surface area contributed by atoms with Crippen molar-refractivity contribution in [3.05, 3.63) is 29.3 Å². The van der Waals surface area contributed by atoms with Crippen LogP contribution in [0, 0.1) is 11.8 Å². The molecule has 0 radical (unpaired) electrons. The number of hydrogen-bond acceptors (Lipinski definition) is 4. The standard InChI is InChI=1S/C18H23ClN2O4S/c19-15-6-8-16(9-7-15)26(24,25)21-12-17(22)20-11-14(18(21)23)10-13-4-2-1-3-5-13/h6-9,13-14H,1-5,10-12H2,(H,20,22). The van der Waals surface area contributed by atoms with Crippen LogP contribution in [0.3, 0.4) is 0 Å². The molecule has 1 aromatic rings. The Balaban J connectivity index is 1.84. The molecule has 0 spiro atoms. The molecule has 1 aliphatic heterocycles. The number of hydrogen-bond donors (Lipinski definition) is 1. The van der Waals surface area contributed by atoms with E-state index in [0.717, 1.165) is 30.0 Å². The molecule has 0 bridgehead atoms. The Morgan fingerprint density at radius 1 is 1.08 bits per heavy atom. The molecule has 1 aromatic carbocycles. The summed E-state index contributed by atoms with van der Waals surface area (Å²) in [5.74, 6) is -1.05. The average molecular weight is 399 g/mol. The van der Waals surface area contributed by atoms with E-state index in [0.29, 0.717) is 17.4 Å². The molecule has 6 nitrogen and oxygen atoms in total. The van der Waals surface area contributed by atoms with Crippen LogP contribution in [0.15, 0.2) is 29.2 Å². The van der Waals surface area contributed by atoms with Gasteiger partial charge in [-0.05, 0) is 36.6 Å². The van der Waals surface area contributed by atoms with Crippen molar-refractivity contribution in [1.29, 1.82) is 0 Å². The fourth-order valence-electron chi connectivity index (χ4n) is 3.74. The van der Waals surface area contributed by atoms with Gasteiger partial charge in [-0.25, -0.2) is 12.7 Å². The first-order chi connectivity index (χ1) is 12.4. The van der Waals surface area contributed by atoms with E-state index >= 15 is 0 Å². The Morgan fingerprint density at radius 3 is 2.38 bits per heavy atom. The fourth-order valence-corrected chi connectivity index (χ4v) is 5.27. The Hall–Kier alpha value is -1.60. The number of amides is 2. The van der Waals surface area contributed by atoms with E-state index in [9.17, 15) is 18.0 Å². The molecule has 1 heterocycles. The van der Waals surface area contributed by atoms with Crippen LogP contribution >= 0.6 is 11.6 Å². The quantitative estimate of drug-likeness (QED) is 0.844. The summed E-state index contributed by atoms with van der Waals surface area (Å²) >= 11 is 5.82. The number of sulfonamides is 1. The normalized spacial score (nSPS) is 22.8. The van der Waals surface area contributed by atoms with Crippen molar-refractivity contribution < 1.29 is 18.0 Å². The molecule has 2 fully saturated rings. The minimum Gasteiger partial charge on any atom is -0.354 e. The summed E-state index contributed by atoms with van der Waals surface area (Å²) in [7, 11) is -4.09. The molecular formula is C18H23ClN2O4S. The van der Waals surface area contributed by atoms with Crippen molar-refractivity contribution in [2.75, 3.05) is 13.1 Å². The summed E-state index contributed by atoms with van der Waals surface area (Å²) < 4.78 is 26.6. The predicted octanol–water partition coefficient (Wildman–Crippen LogP) is 2.57. The second kappa shape index (κ2) is 7.96. The molecule has 1 unspecified atom stereocenters. The topological polar surface area (TPSA) is 83.6 Å². The second-order valence-electron chi connectivity index (χ2n) is 7.04. The Kier molecular flexibility index (Phi) is 5.87. The van der Waals surface area contributed by atoms with Crippen LogP contribution in [0.25, 0.3) is 0 Å². The zero-order chi connectivity index (χ0) is 18.7. The van der Waals surface area contributed by atoms with E-state index < -0.39 is 34.3 Å². The summed E-state index contributed by atoms with van der Waals surface area (Å²) in [6.07, 6.45) is 6.23. The van der Waals surface area contributed by atoms with Gasteiger partial charge in [0.2, 0.25) is 11.8 Å². The van der Waals surface area contributed by atoms with Crippen molar-refractivity contribution in [2.24, 2.45) is 11.8 Å².